The van der Waals surface area contributed by atoms with E-state index in [9.17, 15) is 22.0 Å². The number of halogens is 2. The van der Waals surface area contributed by atoms with E-state index in [4.69, 9.17) is 11.5 Å². The molecular formula is C19H32F2N8O3S. The highest BCUT2D eigenvalue weighted by Gasteiger charge is 2.36. The van der Waals surface area contributed by atoms with Crippen molar-refractivity contribution in [2.45, 2.75) is 36.6 Å². The third-order valence-corrected chi connectivity index (χ3v) is 8.35. The fourth-order valence-electron chi connectivity index (χ4n) is 4.19. The second kappa shape index (κ2) is 10.5. The molecule has 2 fully saturated rings. The Morgan fingerprint density at radius 3 is 2.39 bits per heavy atom. The summed E-state index contributed by atoms with van der Waals surface area (Å²) in [5.74, 6) is -2.19. The summed E-state index contributed by atoms with van der Waals surface area (Å²) in [6, 6.07) is 0. The molecule has 0 spiro atoms. The fourth-order valence-corrected chi connectivity index (χ4v) is 5.59. The molecule has 0 aliphatic carbocycles. The number of carbonyl (C=O) groups excluding carboxylic acids is 1. The third-order valence-electron chi connectivity index (χ3n) is 6.01. The molecule has 0 saturated carbocycles. The number of hydrogen-bond acceptors (Lipinski definition) is 9. The molecule has 14 heteroatoms. The van der Waals surface area contributed by atoms with E-state index in [0.717, 1.165) is 6.20 Å². The third kappa shape index (κ3) is 5.75. The van der Waals surface area contributed by atoms with E-state index in [1.165, 1.54) is 24.6 Å². The maximum Gasteiger partial charge on any atom is 0.233 e. The van der Waals surface area contributed by atoms with Gasteiger partial charge in [0.05, 0.1) is 41.6 Å². The molecule has 0 bridgehead atoms. The number of hydrogen-bond donors (Lipinski definition) is 5. The summed E-state index contributed by atoms with van der Waals surface area (Å²) in [6.45, 7) is 0.660. The molecule has 1 amide bonds. The van der Waals surface area contributed by atoms with Crippen molar-refractivity contribution in [3.63, 3.8) is 0 Å². The average molecular weight is 491 g/mol. The number of piperidine rings is 1. The molecule has 1 aromatic rings. The van der Waals surface area contributed by atoms with Gasteiger partial charge in [-0.2, -0.15) is 0 Å². The van der Waals surface area contributed by atoms with E-state index in [-0.39, 0.29) is 37.6 Å². The predicted molar refractivity (Wildman–Crippen MR) is 121 cm³/mol. The van der Waals surface area contributed by atoms with E-state index in [1.54, 1.807) is 4.90 Å². The van der Waals surface area contributed by atoms with Gasteiger partial charge in [-0.1, -0.05) is 0 Å². The van der Waals surface area contributed by atoms with Crippen LogP contribution in [0.25, 0.3) is 0 Å². The molecule has 186 valence electrons. The SMILES string of the molecule is CN(C)S(=O)(=O)C1CCN(c2c(F)cncc2NC(=O)C(C(N)N)C2NCC(F)CN2)CC1. The summed E-state index contributed by atoms with van der Waals surface area (Å²) in [4.78, 5) is 18.6. The summed E-state index contributed by atoms with van der Waals surface area (Å²) >= 11 is 0. The van der Waals surface area contributed by atoms with E-state index in [2.05, 4.69) is 20.9 Å². The monoisotopic (exact) mass is 490 g/mol. The van der Waals surface area contributed by atoms with Gasteiger partial charge in [-0.05, 0) is 12.8 Å². The summed E-state index contributed by atoms with van der Waals surface area (Å²) in [5, 5.41) is 7.83. The van der Waals surface area contributed by atoms with Crippen molar-refractivity contribution in [3.8, 4) is 0 Å². The van der Waals surface area contributed by atoms with Crippen LogP contribution >= 0.6 is 0 Å². The molecule has 1 aromatic heterocycles. The topological polar surface area (TPSA) is 159 Å². The van der Waals surface area contributed by atoms with Gasteiger partial charge in [-0.25, -0.2) is 21.5 Å². The van der Waals surface area contributed by atoms with E-state index < -0.39 is 51.4 Å². The maximum atomic E-state index is 14.8. The number of anilines is 2. The first-order chi connectivity index (χ1) is 15.5. The minimum absolute atomic E-state index is 0.0474. The average Bonchev–Trinajstić information content (AvgIpc) is 2.75. The van der Waals surface area contributed by atoms with Crippen molar-refractivity contribution in [1.82, 2.24) is 19.9 Å². The number of pyridine rings is 1. The molecule has 3 rings (SSSR count). The van der Waals surface area contributed by atoms with Crippen LogP contribution in [0.1, 0.15) is 12.8 Å². The van der Waals surface area contributed by atoms with Crippen molar-refractivity contribution in [3.05, 3.63) is 18.2 Å². The molecule has 3 heterocycles. The van der Waals surface area contributed by atoms with E-state index in [1.807, 2.05) is 0 Å². The number of rotatable bonds is 7. The van der Waals surface area contributed by atoms with Gasteiger partial charge in [-0.15, -0.1) is 0 Å². The molecule has 7 N–H and O–H groups in total. The number of aromatic nitrogens is 1. The Balaban J connectivity index is 1.76. The minimum Gasteiger partial charge on any atom is -0.367 e. The molecule has 1 atom stereocenters. The van der Waals surface area contributed by atoms with Gasteiger partial charge < -0.3 is 21.7 Å². The molecule has 2 saturated heterocycles. The smallest absolute Gasteiger partial charge is 0.233 e. The van der Waals surface area contributed by atoms with Gasteiger partial charge in [-0.3, -0.25) is 20.4 Å². The van der Waals surface area contributed by atoms with Crippen LogP contribution in [0.4, 0.5) is 20.2 Å². The Morgan fingerprint density at radius 2 is 1.85 bits per heavy atom. The molecular weight excluding hydrogens is 458 g/mol. The van der Waals surface area contributed by atoms with E-state index >= 15 is 0 Å². The number of amides is 1. The zero-order valence-corrected chi connectivity index (χ0v) is 19.5. The molecule has 33 heavy (non-hydrogen) atoms. The molecule has 1 unspecified atom stereocenters. The molecule has 2 aliphatic rings. The van der Waals surface area contributed by atoms with E-state index in [0.29, 0.717) is 12.8 Å². The van der Waals surface area contributed by atoms with Gasteiger partial charge >= 0.3 is 0 Å². The van der Waals surface area contributed by atoms with Crippen molar-refractivity contribution in [1.29, 1.82) is 0 Å². The second-order valence-corrected chi connectivity index (χ2v) is 10.9. The molecule has 11 nitrogen and oxygen atoms in total. The zero-order chi connectivity index (χ0) is 24.3. The van der Waals surface area contributed by atoms with Crippen LogP contribution in [0, 0.1) is 11.7 Å². The fraction of sp³-hybridized carbons (Fsp3) is 0.684. The maximum absolute atomic E-state index is 14.8. The second-order valence-electron chi connectivity index (χ2n) is 8.52. The van der Waals surface area contributed by atoms with Crippen LogP contribution in [0.15, 0.2) is 12.4 Å². The summed E-state index contributed by atoms with van der Waals surface area (Å²) < 4.78 is 54.3. The standard InChI is InChI=1S/C19H32F2N8O3S/c1-28(2)33(31,32)12-3-5-29(6-4-12)16-13(21)9-24-10-14(16)27-19(30)15(17(22)23)18-25-7-11(20)8-26-18/h9-12,15,17-18,25-26H,3-8,22-23H2,1-2H3,(H,27,30). The van der Waals surface area contributed by atoms with Crippen molar-refractivity contribution in [2.24, 2.45) is 17.4 Å². The van der Waals surface area contributed by atoms with Crippen LogP contribution in [0.3, 0.4) is 0 Å². The lowest BCUT2D eigenvalue weighted by Crippen LogP contribution is -2.64. The summed E-state index contributed by atoms with van der Waals surface area (Å²) in [7, 11) is -0.447. The highest BCUT2D eigenvalue weighted by molar-refractivity contribution is 7.89. The first kappa shape index (κ1) is 25.6. The van der Waals surface area contributed by atoms with Gasteiger partial charge in [0.15, 0.2) is 5.82 Å². The highest BCUT2D eigenvalue weighted by Crippen LogP contribution is 2.32. The Morgan fingerprint density at radius 1 is 1.24 bits per heavy atom. The van der Waals surface area contributed by atoms with Crippen molar-refractivity contribution < 1.29 is 22.0 Å². The van der Waals surface area contributed by atoms with Crippen LogP contribution in [0.2, 0.25) is 0 Å². The normalized spacial score (nSPS) is 23.7. The Hall–Kier alpha value is -1.97. The molecule has 0 aromatic carbocycles. The van der Waals surface area contributed by atoms with Crippen LogP contribution < -0.4 is 32.3 Å². The Kier molecular flexibility index (Phi) is 8.18. The number of nitrogens with two attached hydrogens (primary N) is 2. The number of carbonyl (C=O) groups is 1. The summed E-state index contributed by atoms with van der Waals surface area (Å²) in [6.07, 6.45) is 0.149. The van der Waals surface area contributed by atoms with Crippen molar-refractivity contribution in [2.75, 3.05) is 50.5 Å². The van der Waals surface area contributed by atoms with Crippen LogP contribution in [-0.2, 0) is 14.8 Å². The van der Waals surface area contributed by atoms with Crippen LogP contribution in [-0.4, -0.2) is 87.6 Å². The first-order valence-corrected chi connectivity index (χ1v) is 12.2. The van der Waals surface area contributed by atoms with Gasteiger partial charge in [0, 0.05) is 40.3 Å². The molecule has 0 radical (unpaired) electrons. The van der Waals surface area contributed by atoms with Crippen LogP contribution in [0.5, 0.6) is 0 Å². The Labute approximate surface area is 192 Å². The summed E-state index contributed by atoms with van der Waals surface area (Å²) in [5.41, 5.74) is 11.9. The first-order valence-electron chi connectivity index (χ1n) is 10.7. The largest absolute Gasteiger partial charge is 0.367 e. The molecule has 2 aliphatic heterocycles. The lowest BCUT2D eigenvalue weighted by atomic mass is 9.99. The van der Waals surface area contributed by atoms with Gasteiger partial charge in [0.2, 0.25) is 15.9 Å². The van der Waals surface area contributed by atoms with Gasteiger partial charge in [0.1, 0.15) is 11.9 Å². The predicted octanol–water partition coefficient (Wildman–Crippen LogP) is -1.26. The van der Waals surface area contributed by atoms with Gasteiger partial charge in [0.25, 0.3) is 0 Å². The highest BCUT2D eigenvalue weighted by atomic mass is 32.2. The quantitative estimate of drug-likeness (QED) is 0.294. The lowest BCUT2D eigenvalue weighted by molar-refractivity contribution is -0.122. The van der Waals surface area contributed by atoms with Crippen molar-refractivity contribution >= 4 is 27.3 Å². The number of nitrogens with zero attached hydrogens (tertiary/aromatic N) is 3. The minimum atomic E-state index is -3.42. The Bertz CT molecular complexity index is 933. The lowest BCUT2D eigenvalue weighted by Gasteiger charge is -2.36. The number of alkyl halides is 1. The number of nitrogens with one attached hydrogen (secondary N) is 3. The number of sulfonamides is 1. The zero-order valence-electron chi connectivity index (χ0n) is 18.7.